The molecule has 3 aromatic rings. The average molecular weight is 300 g/mol. The Balaban J connectivity index is 1.94. The summed E-state index contributed by atoms with van der Waals surface area (Å²) in [6.07, 6.45) is 0. The molecule has 5 heteroatoms. The molecule has 21 heavy (non-hydrogen) atoms. The molecule has 0 aliphatic rings. The van der Waals surface area contributed by atoms with Crippen molar-refractivity contribution >= 4 is 11.6 Å². The molecule has 1 N–H and O–H groups in total. The molecule has 1 heterocycles. The highest BCUT2D eigenvalue weighted by molar-refractivity contribution is 6.30. The van der Waals surface area contributed by atoms with Crippen LogP contribution in [0.1, 0.15) is 17.5 Å². The second kappa shape index (κ2) is 6.08. The molecule has 1 aromatic heterocycles. The van der Waals surface area contributed by atoms with Crippen LogP contribution in [0.4, 0.5) is 0 Å². The minimum absolute atomic E-state index is 0.133. The lowest BCUT2D eigenvalue weighted by Crippen LogP contribution is -2.17. The molecule has 0 spiro atoms. The normalized spacial score (nSPS) is 12.3. The van der Waals surface area contributed by atoms with E-state index in [0.29, 0.717) is 16.8 Å². The summed E-state index contributed by atoms with van der Waals surface area (Å²) in [7, 11) is 1.86. The maximum absolute atomic E-state index is 5.99. The molecule has 0 bridgehead atoms. The minimum Gasteiger partial charge on any atom is -0.419 e. The van der Waals surface area contributed by atoms with Crippen LogP contribution in [0.3, 0.4) is 0 Å². The first-order valence-electron chi connectivity index (χ1n) is 6.59. The van der Waals surface area contributed by atoms with Crippen molar-refractivity contribution < 1.29 is 4.42 Å². The molecular formula is C16H14ClN3O. The van der Waals surface area contributed by atoms with Crippen molar-refractivity contribution in [1.29, 1.82) is 0 Å². The Bertz CT molecular complexity index is 727. The number of halogens is 1. The third kappa shape index (κ3) is 2.96. The minimum atomic E-state index is -0.133. The van der Waals surface area contributed by atoms with E-state index in [1.165, 1.54) is 0 Å². The van der Waals surface area contributed by atoms with Crippen LogP contribution in [0.5, 0.6) is 0 Å². The third-order valence-electron chi connectivity index (χ3n) is 3.18. The number of nitrogens with zero attached hydrogens (tertiary/aromatic N) is 2. The molecule has 1 atom stereocenters. The molecule has 1 unspecified atom stereocenters. The van der Waals surface area contributed by atoms with Crippen molar-refractivity contribution in [2.75, 3.05) is 7.05 Å². The summed E-state index contributed by atoms with van der Waals surface area (Å²) in [6.45, 7) is 0. The van der Waals surface area contributed by atoms with Gasteiger partial charge < -0.3 is 9.73 Å². The second-order valence-corrected chi connectivity index (χ2v) is 5.02. The van der Waals surface area contributed by atoms with Gasteiger partial charge in [-0.15, -0.1) is 10.2 Å². The van der Waals surface area contributed by atoms with E-state index < -0.39 is 0 Å². The number of aromatic nitrogens is 2. The highest BCUT2D eigenvalue weighted by Crippen LogP contribution is 2.25. The monoisotopic (exact) mass is 299 g/mol. The van der Waals surface area contributed by atoms with Crippen molar-refractivity contribution in [3.8, 4) is 11.5 Å². The van der Waals surface area contributed by atoms with Gasteiger partial charge in [0.15, 0.2) is 0 Å². The summed E-state index contributed by atoms with van der Waals surface area (Å²) in [5, 5.41) is 12.1. The second-order valence-electron chi connectivity index (χ2n) is 4.59. The third-order valence-corrected chi connectivity index (χ3v) is 3.42. The number of hydrogen-bond acceptors (Lipinski definition) is 4. The smallest absolute Gasteiger partial charge is 0.247 e. The van der Waals surface area contributed by atoms with Gasteiger partial charge in [-0.05, 0) is 30.8 Å². The van der Waals surface area contributed by atoms with E-state index in [2.05, 4.69) is 15.5 Å². The van der Waals surface area contributed by atoms with E-state index in [0.717, 1.165) is 11.1 Å². The summed E-state index contributed by atoms with van der Waals surface area (Å²) in [5.74, 6) is 0.988. The van der Waals surface area contributed by atoms with Gasteiger partial charge in [-0.1, -0.05) is 48.0 Å². The Morgan fingerprint density at radius 3 is 2.57 bits per heavy atom. The zero-order valence-electron chi connectivity index (χ0n) is 11.5. The Morgan fingerprint density at radius 1 is 1.05 bits per heavy atom. The lowest BCUT2D eigenvalue weighted by atomic mass is 10.1. The van der Waals surface area contributed by atoms with Crippen molar-refractivity contribution in [1.82, 2.24) is 15.5 Å². The molecule has 106 valence electrons. The molecule has 4 nitrogen and oxygen atoms in total. The van der Waals surface area contributed by atoms with Crippen LogP contribution in [0.15, 0.2) is 59.0 Å². The van der Waals surface area contributed by atoms with E-state index in [-0.39, 0.29) is 6.04 Å². The molecule has 3 rings (SSSR count). The lowest BCUT2D eigenvalue weighted by molar-refractivity contribution is 0.456. The quantitative estimate of drug-likeness (QED) is 0.798. The summed E-state index contributed by atoms with van der Waals surface area (Å²) < 4.78 is 5.79. The fraction of sp³-hybridized carbons (Fsp3) is 0.125. The Morgan fingerprint density at radius 2 is 1.86 bits per heavy atom. The van der Waals surface area contributed by atoms with E-state index in [1.54, 1.807) is 6.07 Å². The van der Waals surface area contributed by atoms with Gasteiger partial charge in [-0.3, -0.25) is 0 Å². The topological polar surface area (TPSA) is 51.0 Å². The number of rotatable bonds is 4. The molecule has 0 aliphatic carbocycles. The molecule has 0 fully saturated rings. The van der Waals surface area contributed by atoms with Crippen LogP contribution in [0.25, 0.3) is 11.5 Å². The van der Waals surface area contributed by atoms with Gasteiger partial charge in [0.05, 0.1) is 0 Å². The number of hydrogen-bond donors (Lipinski definition) is 1. The lowest BCUT2D eigenvalue weighted by Gasteiger charge is -2.11. The van der Waals surface area contributed by atoms with Crippen molar-refractivity contribution in [2.45, 2.75) is 6.04 Å². The molecular weight excluding hydrogens is 286 g/mol. The molecule has 0 amide bonds. The highest BCUT2D eigenvalue weighted by Gasteiger charge is 2.19. The summed E-state index contributed by atoms with van der Waals surface area (Å²) in [6, 6.07) is 17.2. The largest absolute Gasteiger partial charge is 0.419 e. The van der Waals surface area contributed by atoms with E-state index >= 15 is 0 Å². The maximum Gasteiger partial charge on any atom is 0.247 e. The Hall–Kier alpha value is -2.17. The average Bonchev–Trinajstić information content (AvgIpc) is 2.99. The number of nitrogens with one attached hydrogen (secondary N) is 1. The fourth-order valence-electron chi connectivity index (χ4n) is 2.17. The maximum atomic E-state index is 5.99. The van der Waals surface area contributed by atoms with Gasteiger partial charge in [0.25, 0.3) is 0 Å². The van der Waals surface area contributed by atoms with Gasteiger partial charge in [0.1, 0.15) is 6.04 Å². The van der Waals surface area contributed by atoms with Crippen molar-refractivity contribution in [2.24, 2.45) is 0 Å². The van der Waals surface area contributed by atoms with E-state index in [9.17, 15) is 0 Å². The van der Waals surface area contributed by atoms with Gasteiger partial charge >= 0.3 is 0 Å². The Kier molecular flexibility index (Phi) is 3.99. The zero-order valence-corrected chi connectivity index (χ0v) is 12.2. The zero-order chi connectivity index (χ0) is 14.7. The Labute approximate surface area is 127 Å². The summed E-state index contributed by atoms with van der Waals surface area (Å²) in [4.78, 5) is 0. The molecule has 0 saturated carbocycles. The summed E-state index contributed by atoms with van der Waals surface area (Å²) in [5.41, 5.74) is 1.88. The first-order chi connectivity index (χ1) is 10.3. The van der Waals surface area contributed by atoms with Crippen LogP contribution < -0.4 is 5.32 Å². The van der Waals surface area contributed by atoms with Gasteiger partial charge in [-0.2, -0.15) is 0 Å². The summed E-state index contributed by atoms with van der Waals surface area (Å²) >= 11 is 5.99. The van der Waals surface area contributed by atoms with Gasteiger partial charge in [0.2, 0.25) is 11.8 Å². The predicted octanol–water partition coefficient (Wildman–Crippen LogP) is 3.70. The molecule has 0 radical (unpaired) electrons. The van der Waals surface area contributed by atoms with Crippen LogP contribution >= 0.6 is 11.6 Å². The first kappa shape index (κ1) is 13.8. The van der Waals surface area contributed by atoms with Crippen molar-refractivity contribution in [3.05, 3.63) is 71.1 Å². The molecule has 2 aromatic carbocycles. The van der Waals surface area contributed by atoms with E-state index in [4.69, 9.17) is 16.0 Å². The van der Waals surface area contributed by atoms with Crippen LogP contribution in [-0.4, -0.2) is 17.2 Å². The number of benzene rings is 2. The SMILES string of the molecule is CNC(c1ccccc1)c1nnc(-c2cccc(Cl)c2)o1. The van der Waals surface area contributed by atoms with Crippen LogP contribution in [-0.2, 0) is 0 Å². The fourth-order valence-corrected chi connectivity index (χ4v) is 2.36. The van der Waals surface area contributed by atoms with Crippen LogP contribution in [0, 0.1) is 0 Å². The van der Waals surface area contributed by atoms with E-state index in [1.807, 2.05) is 55.6 Å². The highest BCUT2D eigenvalue weighted by atomic mass is 35.5. The molecule has 0 saturated heterocycles. The van der Waals surface area contributed by atoms with Crippen molar-refractivity contribution in [3.63, 3.8) is 0 Å². The van der Waals surface area contributed by atoms with Gasteiger partial charge in [-0.25, -0.2) is 0 Å². The predicted molar refractivity (Wildman–Crippen MR) is 82.1 cm³/mol. The van der Waals surface area contributed by atoms with Gasteiger partial charge in [0, 0.05) is 10.6 Å². The molecule has 0 aliphatic heterocycles. The van der Waals surface area contributed by atoms with Crippen LogP contribution in [0.2, 0.25) is 5.02 Å². The standard InChI is InChI=1S/C16H14ClN3O/c1-18-14(11-6-3-2-4-7-11)16-20-19-15(21-16)12-8-5-9-13(17)10-12/h2-10,14,18H,1H3. The first-order valence-corrected chi connectivity index (χ1v) is 6.97.